The molecule has 7 heteroatoms. The number of hydrogen-bond donors (Lipinski definition) is 3. The van der Waals surface area contributed by atoms with Crippen molar-refractivity contribution in [1.29, 1.82) is 5.26 Å². The molecule has 0 aromatic carbocycles. The minimum absolute atomic E-state index is 0.0749. The third-order valence-electron chi connectivity index (χ3n) is 2.09. The molecule has 0 atom stereocenters. The summed E-state index contributed by atoms with van der Waals surface area (Å²) >= 11 is 0. The van der Waals surface area contributed by atoms with Crippen LogP contribution in [0.15, 0.2) is 12.1 Å². The molecular formula is C11H15N5O2. The van der Waals surface area contributed by atoms with Crippen LogP contribution in [0.4, 0.5) is 11.5 Å². The number of aromatic nitrogens is 1. The number of nitrogen functional groups attached to an aromatic ring is 1. The molecule has 0 aliphatic carbocycles. The van der Waals surface area contributed by atoms with Crippen LogP contribution in [0.2, 0.25) is 0 Å². The number of methoxy groups -OCH3 is 1. The van der Waals surface area contributed by atoms with E-state index in [1.54, 1.807) is 19.2 Å². The number of amides is 1. The van der Waals surface area contributed by atoms with Crippen molar-refractivity contribution in [2.75, 3.05) is 37.9 Å². The van der Waals surface area contributed by atoms with Gasteiger partial charge in [0.15, 0.2) is 5.69 Å². The van der Waals surface area contributed by atoms with E-state index < -0.39 is 0 Å². The normalized spacial score (nSPS) is 9.56. The van der Waals surface area contributed by atoms with E-state index in [0.29, 0.717) is 24.7 Å². The Bertz CT molecular complexity index is 455. The predicted octanol–water partition coefficient (Wildman–Crippen LogP) is -0.290. The minimum Gasteiger partial charge on any atom is -0.396 e. The van der Waals surface area contributed by atoms with Gasteiger partial charge in [-0.1, -0.05) is 0 Å². The van der Waals surface area contributed by atoms with Crippen LogP contribution in [0.1, 0.15) is 5.69 Å². The highest BCUT2D eigenvalue weighted by molar-refractivity contribution is 5.80. The van der Waals surface area contributed by atoms with Crippen molar-refractivity contribution in [3.8, 4) is 6.07 Å². The van der Waals surface area contributed by atoms with Crippen LogP contribution in [0.25, 0.3) is 0 Å². The number of hydrogen-bond acceptors (Lipinski definition) is 6. The number of pyridine rings is 1. The average Bonchev–Trinajstić information content (AvgIpc) is 2.38. The quantitative estimate of drug-likeness (QED) is 0.597. The van der Waals surface area contributed by atoms with Gasteiger partial charge in [0, 0.05) is 13.7 Å². The zero-order chi connectivity index (χ0) is 13.4. The number of ether oxygens (including phenoxy) is 1. The van der Waals surface area contributed by atoms with Crippen LogP contribution in [0.5, 0.6) is 0 Å². The number of rotatable bonds is 6. The Morgan fingerprint density at radius 3 is 3.06 bits per heavy atom. The number of nitrogens with one attached hydrogen (secondary N) is 2. The van der Waals surface area contributed by atoms with Crippen LogP contribution >= 0.6 is 0 Å². The molecule has 0 spiro atoms. The van der Waals surface area contributed by atoms with Gasteiger partial charge in [0.05, 0.1) is 18.8 Å². The first-order chi connectivity index (χ1) is 8.67. The summed E-state index contributed by atoms with van der Waals surface area (Å²) in [5.41, 5.74) is 5.98. The van der Waals surface area contributed by atoms with Gasteiger partial charge in [0.1, 0.15) is 11.9 Å². The molecule has 1 heterocycles. The largest absolute Gasteiger partial charge is 0.396 e. The van der Waals surface area contributed by atoms with Crippen LogP contribution in [-0.2, 0) is 9.53 Å². The Hall–Kier alpha value is -2.33. The summed E-state index contributed by atoms with van der Waals surface area (Å²) in [5, 5.41) is 14.2. The lowest BCUT2D eigenvalue weighted by atomic mass is 10.3. The van der Waals surface area contributed by atoms with Gasteiger partial charge in [-0.3, -0.25) is 4.79 Å². The zero-order valence-electron chi connectivity index (χ0n) is 10.1. The van der Waals surface area contributed by atoms with E-state index in [2.05, 4.69) is 15.6 Å². The lowest BCUT2D eigenvalue weighted by Gasteiger charge is -2.07. The fourth-order valence-corrected chi connectivity index (χ4v) is 1.18. The molecule has 0 fully saturated rings. The summed E-state index contributed by atoms with van der Waals surface area (Å²) in [6, 6.07) is 5.05. The molecule has 0 aliphatic rings. The van der Waals surface area contributed by atoms with Crippen LogP contribution < -0.4 is 16.4 Å². The Labute approximate surface area is 105 Å². The van der Waals surface area contributed by atoms with Gasteiger partial charge < -0.3 is 21.1 Å². The van der Waals surface area contributed by atoms with E-state index in [4.69, 9.17) is 15.7 Å². The summed E-state index contributed by atoms with van der Waals surface area (Å²) in [6.45, 7) is 0.992. The first kappa shape index (κ1) is 13.7. The molecular weight excluding hydrogens is 234 g/mol. The Kier molecular flexibility index (Phi) is 5.41. The van der Waals surface area contributed by atoms with Crippen molar-refractivity contribution in [2.45, 2.75) is 0 Å². The molecule has 0 saturated heterocycles. The molecule has 1 amide bonds. The second kappa shape index (κ2) is 7.09. The van der Waals surface area contributed by atoms with E-state index in [-0.39, 0.29) is 18.1 Å². The van der Waals surface area contributed by atoms with Gasteiger partial charge in [-0.15, -0.1) is 0 Å². The van der Waals surface area contributed by atoms with E-state index >= 15 is 0 Å². The lowest BCUT2D eigenvalue weighted by molar-refractivity contribution is -0.119. The second-order valence-electron chi connectivity index (χ2n) is 3.44. The zero-order valence-corrected chi connectivity index (χ0v) is 10.1. The van der Waals surface area contributed by atoms with Crippen molar-refractivity contribution in [1.82, 2.24) is 10.3 Å². The van der Waals surface area contributed by atoms with Gasteiger partial charge in [0.25, 0.3) is 0 Å². The third-order valence-corrected chi connectivity index (χ3v) is 2.09. The maximum Gasteiger partial charge on any atom is 0.239 e. The van der Waals surface area contributed by atoms with Gasteiger partial charge in [-0.25, -0.2) is 4.98 Å². The number of carbonyl (C=O) groups excluding carboxylic acids is 1. The van der Waals surface area contributed by atoms with Crippen molar-refractivity contribution < 1.29 is 9.53 Å². The number of nitriles is 1. The molecule has 4 N–H and O–H groups in total. The molecule has 0 saturated carbocycles. The average molecular weight is 249 g/mol. The SMILES string of the molecule is COCCNC(=O)CNc1ccc(N)c(C#N)n1. The summed E-state index contributed by atoms with van der Waals surface area (Å²) in [6.07, 6.45) is 0. The van der Waals surface area contributed by atoms with Crippen molar-refractivity contribution in [3.05, 3.63) is 17.8 Å². The standard InChI is InChI=1S/C11H15N5O2/c1-18-5-4-14-11(17)7-15-10-3-2-8(13)9(6-12)16-10/h2-3H,4-5,7,13H2,1H3,(H,14,17)(H,15,16). The molecule has 1 aromatic heterocycles. The topological polar surface area (TPSA) is 113 Å². The molecule has 96 valence electrons. The molecule has 1 aromatic rings. The number of nitrogens with two attached hydrogens (primary N) is 1. The fourth-order valence-electron chi connectivity index (χ4n) is 1.18. The molecule has 1 rings (SSSR count). The van der Waals surface area contributed by atoms with Crippen molar-refractivity contribution in [2.24, 2.45) is 0 Å². The molecule has 0 bridgehead atoms. The van der Waals surface area contributed by atoms with E-state index in [0.717, 1.165) is 0 Å². The number of anilines is 2. The summed E-state index contributed by atoms with van der Waals surface area (Å²) in [7, 11) is 1.56. The first-order valence-electron chi connectivity index (χ1n) is 5.33. The van der Waals surface area contributed by atoms with Crippen LogP contribution in [0, 0.1) is 11.3 Å². The van der Waals surface area contributed by atoms with Gasteiger partial charge in [0.2, 0.25) is 5.91 Å². The number of carbonyl (C=O) groups is 1. The van der Waals surface area contributed by atoms with Crippen molar-refractivity contribution in [3.63, 3.8) is 0 Å². The fraction of sp³-hybridized carbons (Fsp3) is 0.364. The molecule has 18 heavy (non-hydrogen) atoms. The lowest BCUT2D eigenvalue weighted by Crippen LogP contribution is -2.32. The maximum absolute atomic E-state index is 11.4. The summed E-state index contributed by atoms with van der Waals surface area (Å²) < 4.78 is 4.80. The highest BCUT2D eigenvalue weighted by Crippen LogP contribution is 2.11. The van der Waals surface area contributed by atoms with Gasteiger partial charge in [-0.05, 0) is 12.1 Å². The Balaban J connectivity index is 2.44. The highest BCUT2D eigenvalue weighted by atomic mass is 16.5. The third kappa shape index (κ3) is 4.27. The van der Waals surface area contributed by atoms with Crippen molar-refractivity contribution >= 4 is 17.4 Å². The first-order valence-corrected chi connectivity index (χ1v) is 5.33. The summed E-state index contributed by atoms with van der Waals surface area (Å²) in [5.74, 6) is 0.256. The number of nitrogens with zero attached hydrogens (tertiary/aromatic N) is 2. The Morgan fingerprint density at radius 2 is 2.39 bits per heavy atom. The predicted molar refractivity (Wildman–Crippen MR) is 66.7 cm³/mol. The van der Waals surface area contributed by atoms with E-state index in [1.807, 2.05) is 6.07 Å². The summed E-state index contributed by atoms with van der Waals surface area (Å²) in [4.78, 5) is 15.3. The minimum atomic E-state index is -0.177. The molecule has 0 aliphatic heterocycles. The molecule has 7 nitrogen and oxygen atoms in total. The highest BCUT2D eigenvalue weighted by Gasteiger charge is 2.04. The van der Waals surface area contributed by atoms with Crippen LogP contribution in [-0.4, -0.2) is 37.7 Å². The molecule has 0 unspecified atom stereocenters. The van der Waals surface area contributed by atoms with Gasteiger partial charge in [-0.2, -0.15) is 5.26 Å². The van der Waals surface area contributed by atoms with E-state index in [1.165, 1.54) is 0 Å². The van der Waals surface area contributed by atoms with Gasteiger partial charge >= 0.3 is 0 Å². The maximum atomic E-state index is 11.4. The Morgan fingerprint density at radius 1 is 1.61 bits per heavy atom. The monoisotopic (exact) mass is 249 g/mol. The second-order valence-corrected chi connectivity index (χ2v) is 3.44. The van der Waals surface area contributed by atoms with E-state index in [9.17, 15) is 4.79 Å². The molecule has 0 radical (unpaired) electrons. The van der Waals surface area contributed by atoms with Crippen LogP contribution in [0.3, 0.4) is 0 Å². The smallest absolute Gasteiger partial charge is 0.239 e.